The molecule has 0 amide bonds. The average molecular weight is 300 g/mol. The van der Waals surface area contributed by atoms with Crippen LogP contribution >= 0.6 is 27.3 Å². The van der Waals surface area contributed by atoms with Crippen LogP contribution in [-0.2, 0) is 6.54 Å². The number of anilines is 1. The highest BCUT2D eigenvalue weighted by molar-refractivity contribution is 9.10. The van der Waals surface area contributed by atoms with E-state index in [0.717, 1.165) is 4.47 Å². The second-order valence-corrected chi connectivity index (χ2v) is 5.65. The lowest BCUT2D eigenvalue weighted by molar-refractivity contribution is 0.630. The Balaban J connectivity index is 2.05. The quantitative estimate of drug-likeness (QED) is 0.875. The normalized spacial score (nSPS) is 10.4. The van der Waals surface area contributed by atoms with Crippen LogP contribution in [-0.4, -0.2) is 0 Å². The van der Waals surface area contributed by atoms with E-state index < -0.39 is 0 Å². The number of halogens is 2. The molecule has 2 aromatic rings. The molecule has 0 atom stereocenters. The van der Waals surface area contributed by atoms with Gasteiger partial charge in [-0.15, -0.1) is 11.3 Å². The van der Waals surface area contributed by atoms with Crippen LogP contribution in [0.3, 0.4) is 0 Å². The number of hydrogen-bond acceptors (Lipinski definition) is 2. The Kier molecular flexibility index (Phi) is 3.61. The van der Waals surface area contributed by atoms with Crippen LogP contribution in [0.25, 0.3) is 0 Å². The van der Waals surface area contributed by atoms with Crippen molar-refractivity contribution in [3.63, 3.8) is 0 Å². The summed E-state index contributed by atoms with van der Waals surface area (Å²) in [5.41, 5.74) is 0.546. The molecule has 0 fully saturated rings. The van der Waals surface area contributed by atoms with Gasteiger partial charge in [0.1, 0.15) is 5.82 Å². The van der Waals surface area contributed by atoms with Crippen molar-refractivity contribution < 1.29 is 4.39 Å². The average Bonchev–Trinajstić information content (AvgIpc) is 2.57. The lowest BCUT2D eigenvalue weighted by Gasteiger charge is -2.05. The molecule has 1 aromatic carbocycles. The van der Waals surface area contributed by atoms with Gasteiger partial charge in [0.25, 0.3) is 0 Å². The van der Waals surface area contributed by atoms with Gasteiger partial charge in [0, 0.05) is 20.8 Å². The minimum Gasteiger partial charge on any atom is -0.378 e. The maximum atomic E-state index is 13.3. The molecule has 0 spiro atoms. The monoisotopic (exact) mass is 299 g/mol. The third kappa shape index (κ3) is 2.62. The summed E-state index contributed by atoms with van der Waals surface area (Å²) >= 11 is 5.17. The Morgan fingerprint density at radius 2 is 2.12 bits per heavy atom. The maximum absolute atomic E-state index is 13.3. The van der Waals surface area contributed by atoms with Crippen molar-refractivity contribution in [3.05, 3.63) is 50.4 Å². The molecule has 1 heterocycles. The lowest BCUT2D eigenvalue weighted by Crippen LogP contribution is -1.99. The summed E-state index contributed by atoms with van der Waals surface area (Å²) in [7, 11) is 0. The topological polar surface area (TPSA) is 12.0 Å². The number of benzene rings is 1. The van der Waals surface area contributed by atoms with E-state index in [1.165, 1.54) is 15.8 Å². The Bertz CT molecular complexity index is 476. The first kappa shape index (κ1) is 11.6. The molecule has 84 valence electrons. The van der Waals surface area contributed by atoms with Crippen LogP contribution in [0, 0.1) is 12.7 Å². The van der Waals surface area contributed by atoms with E-state index in [9.17, 15) is 4.39 Å². The zero-order chi connectivity index (χ0) is 11.5. The fourth-order valence-corrected chi connectivity index (χ4v) is 2.93. The minimum absolute atomic E-state index is 0.213. The summed E-state index contributed by atoms with van der Waals surface area (Å²) in [5, 5.41) is 3.08. The number of para-hydroxylation sites is 1. The third-order valence-electron chi connectivity index (χ3n) is 2.24. The summed E-state index contributed by atoms with van der Waals surface area (Å²) in [4.78, 5) is 2.43. The molecule has 0 aliphatic rings. The highest BCUT2D eigenvalue weighted by Gasteiger charge is 2.04. The first-order valence-electron chi connectivity index (χ1n) is 4.90. The third-order valence-corrected chi connectivity index (χ3v) is 4.37. The van der Waals surface area contributed by atoms with E-state index in [1.54, 1.807) is 23.5 Å². The highest BCUT2D eigenvalue weighted by atomic mass is 79.9. The smallest absolute Gasteiger partial charge is 0.146 e. The maximum Gasteiger partial charge on any atom is 0.146 e. The van der Waals surface area contributed by atoms with Crippen LogP contribution < -0.4 is 5.32 Å². The summed E-state index contributed by atoms with van der Waals surface area (Å²) in [6, 6.07) is 8.77. The number of aryl methyl sites for hydroxylation is 1. The van der Waals surface area contributed by atoms with E-state index in [4.69, 9.17) is 0 Å². The van der Waals surface area contributed by atoms with Gasteiger partial charge in [-0.2, -0.15) is 0 Å². The number of nitrogens with one attached hydrogen (secondary N) is 1. The summed E-state index contributed by atoms with van der Waals surface area (Å²) < 4.78 is 14.4. The number of rotatable bonds is 3. The Morgan fingerprint density at radius 3 is 2.75 bits per heavy atom. The minimum atomic E-state index is -0.213. The first-order chi connectivity index (χ1) is 7.66. The molecular weight excluding hydrogens is 289 g/mol. The Labute approximate surface area is 106 Å². The molecule has 0 aliphatic carbocycles. The van der Waals surface area contributed by atoms with Crippen molar-refractivity contribution in [2.75, 3.05) is 5.32 Å². The van der Waals surface area contributed by atoms with Gasteiger partial charge in [-0.1, -0.05) is 12.1 Å². The summed E-state index contributed by atoms with van der Waals surface area (Å²) in [5.74, 6) is -0.213. The Morgan fingerprint density at radius 1 is 1.38 bits per heavy atom. The Hall–Kier alpha value is -0.870. The fourth-order valence-electron chi connectivity index (χ4n) is 1.39. The van der Waals surface area contributed by atoms with Crippen molar-refractivity contribution in [1.29, 1.82) is 0 Å². The second-order valence-electron chi connectivity index (χ2n) is 3.45. The summed E-state index contributed by atoms with van der Waals surface area (Å²) in [6.45, 7) is 2.71. The molecule has 0 radical (unpaired) electrons. The molecule has 16 heavy (non-hydrogen) atoms. The summed E-state index contributed by atoms with van der Waals surface area (Å²) in [6.07, 6.45) is 0. The standard InChI is InChI=1S/C12H11BrFNS/c1-8-10(13)6-9(16-8)7-15-12-5-3-2-4-11(12)14/h2-6,15H,7H2,1H3. The molecule has 0 saturated carbocycles. The van der Waals surface area contributed by atoms with Crippen LogP contribution in [0.5, 0.6) is 0 Å². The van der Waals surface area contributed by atoms with Gasteiger partial charge in [0.2, 0.25) is 0 Å². The number of thiophene rings is 1. The molecule has 1 N–H and O–H groups in total. The molecule has 0 saturated heterocycles. The van der Waals surface area contributed by atoms with Gasteiger partial charge in [-0.3, -0.25) is 0 Å². The van der Waals surface area contributed by atoms with Gasteiger partial charge in [0.15, 0.2) is 0 Å². The molecule has 2 rings (SSSR count). The molecule has 0 bridgehead atoms. The SMILES string of the molecule is Cc1sc(CNc2ccccc2F)cc1Br. The predicted molar refractivity (Wildman–Crippen MR) is 70.5 cm³/mol. The van der Waals surface area contributed by atoms with E-state index in [0.29, 0.717) is 12.2 Å². The zero-order valence-electron chi connectivity index (χ0n) is 8.76. The van der Waals surface area contributed by atoms with Crippen molar-refractivity contribution in [1.82, 2.24) is 0 Å². The van der Waals surface area contributed by atoms with Gasteiger partial charge in [-0.05, 0) is 41.1 Å². The predicted octanol–water partition coefficient (Wildman–Crippen LogP) is 4.57. The zero-order valence-corrected chi connectivity index (χ0v) is 11.2. The molecule has 1 aromatic heterocycles. The van der Waals surface area contributed by atoms with Gasteiger partial charge >= 0.3 is 0 Å². The van der Waals surface area contributed by atoms with Crippen molar-refractivity contribution in [3.8, 4) is 0 Å². The molecule has 4 heteroatoms. The van der Waals surface area contributed by atoms with Crippen LogP contribution in [0.4, 0.5) is 10.1 Å². The molecule has 1 nitrogen and oxygen atoms in total. The van der Waals surface area contributed by atoms with Gasteiger partial charge < -0.3 is 5.32 Å². The van der Waals surface area contributed by atoms with E-state index in [-0.39, 0.29) is 5.82 Å². The highest BCUT2D eigenvalue weighted by Crippen LogP contribution is 2.27. The van der Waals surface area contributed by atoms with Crippen LogP contribution in [0.15, 0.2) is 34.8 Å². The van der Waals surface area contributed by atoms with Crippen molar-refractivity contribution in [2.24, 2.45) is 0 Å². The van der Waals surface area contributed by atoms with E-state index in [2.05, 4.69) is 34.2 Å². The second kappa shape index (κ2) is 4.97. The number of hydrogen-bond donors (Lipinski definition) is 1. The van der Waals surface area contributed by atoms with Gasteiger partial charge in [0.05, 0.1) is 5.69 Å². The van der Waals surface area contributed by atoms with Crippen LogP contribution in [0.1, 0.15) is 9.75 Å². The largest absolute Gasteiger partial charge is 0.378 e. The van der Waals surface area contributed by atoms with Crippen molar-refractivity contribution in [2.45, 2.75) is 13.5 Å². The first-order valence-corrected chi connectivity index (χ1v) is 6.51. The van der Waals surface area contributed by atoms with Crippen LogP contribution in [0.2, 0.25) is 0 Å². The molecular formula is C12H11BrFNS. The molecule has 0 aliphatic heterocycles. The van der Waals surface area contributed by atoms with Crippen molar-refractivity contribution >= 4 is 33.0 Å². The lowest BCUT2D eigenvalue weighted by atomic mass is 10.3. The van der Waals surface area contributed by atoms with E-state index in [1.807, 2.05) is 6.07 Å². The van der Waals surface area contributed by atoms with Gasteiger partial charge in [-0.25, -0.2) is 4.39 Å². The van der Waals surface area contributed by atoms with E-state index >= 15 is 0 Å². The molecule has 0 unspecified atom stereocenters. The fraction of sp³-hybridized carbons (Fsp3) is 0.167.